The number of piperidine rings is 1. The van der Waals surface area contributed by atoms with Crippen molar-refractivity contribution in [2.45, 2.75) is 70.8 Å². The highest BCUT2D eigenvalue weighted by Crippen LogP contribution is 2.30. The molecular formula is C19H30N2OS. The lowest BCUT2D eigenvalue weighted by molar-refractivity contribution is 0.0647. The van der Waals surface area contributed by atoms with E-state index in [2.05, 4.69) is 23.2 Å². The van der Waals surface area contributed by atoms with Gasteiger partial charge in [0.15, 0.2) is 0 Å². The van der Waals surface area contributed by atoms with Gasteiger partial charge in [-0.2, -0.15) is 0 Å². The smallest absolute Gasteiger partial charge is 0.264 e. The number of nitrogens with one attached hydrogen (secondary N) is 1. The fourth-order valence-corrected chi connectivity index (χ4v) is 5.11. The molecule has 1 aromatic rings. The lowest BCUT2D eigenvalue weighted by atomic mass is 9.99. The zero-order valence-corrected chi connectivity index (χ0v) is 15.2. The van der Waals surface area contributed by atoms with Gasteiger partial charge in [0, 0.05) is 17.5 Å². The van der Waals surface area contributed by atoms with Crippen molar-refractivity contribution in [3.63, 3.8) is 0 Å². The van der Waals surface area contributed by atoms with Gasteiger partial charge in [0.05, 0.1) is 4.88 Å². The Morgan fingerprint density at radius 3 is 2.70 bits per heavy atom. The second-order valence-corrected chi connectivity index (χ2v) is 8.09. The average Bonchev–Trinajstić information content (AvgIpc) is 2.95. The molecule has 23 heavy (non-hydrogen) atoms. The van der Waals surface area contributed by atoms with Gasteiger partial charge in [-0.05, 0) is 69.7 Å². The molecule has 1 amide bonds. The van der Waals surface area contributed by atoms with E-state index in [0.29, 0.717) is 6.04 Å². The summed E-state index contributed by atoms with van der Waals surface area (Å²) in [5.74, 6) is 0.287. The number of carbonyl (C=O) groups excluding carboxylic acids is 1. The summed E-state index contributed by atoms with van der Waals surface area (Å²) in [5, 5.41) is 3.41. The number of amides is 1. The van der Waals surface area contributed by atoms with E-state index in [4.69, 9.17) is 0 Å². The maximum atomic E-state index is 13.1. The number of hydrogen-bond acceptors (Lipinski definition) is 3. The molecule has 1 fully saturated rings. The summed E-state index contributed by atoms with van der Waals surface area (Å²) < 4.78 is 0. The van der Waals surface area contributed by atoms with E-state index in [1.807, 2.05) is 0 Å². The van der Waals surface area contributed by atoms with E-state index in [9.17, 15) is 4.79 Å². The van der Waals surface area contributed by atoms with Crippen LogP contribution in [0.15, 0.2) is 6.07 Å². The average molecular weight is 335 g/mol. The maximum absolute atomic E-state index is 13.1. The van der Waals surface area contributed by atoms with Crippen LogP contribution in [0.4, 0.5) is 0 Å². The first-order chi connectivity index (χ1) is 11.3. The van der Waals surface area contributed by atoms with Crippen LogP contribution >= 0.6 is 11.3 Å². The van der Waals surface area contributed by atoms with Gasteiger partial charge in [0.2, 0.25) is 0 Å². The SMILES string of the molecule is CCCN(C(=O)c1cc2c(s1)CCCCCC2)C1CCNCC1. The zero-order chi connectivity index (χ0) is 16.1. The van der Waals surface area contributed by atoms with Crippen molar-refractivity contribution in [1.82, 2.24) is 10.2 Å². The van der Waals surface area contributed by atoms with Gasteiger partial charge in [-0.1, -0.05) is 19.8 Å². The van der Waals surface area contributed by atoms with Crippen LogP contribution in [-0.2, 0) is 12.8 Å². The molecule has 2 aliphatic rings. The van der Waals surface area contributed by atoms with Crippen LogP contribution in [0, 0.1) is 0 Å². The van der Waals surface area contributed by atoms with Gasteiger partial charge in [-0.3, -0.25) is 4.79 Å². The summed E-state index contributed by atoms with van der Waals surface area (Å²) in [6, 6.07) is 2.64. The van der Waals surface area contributed by atoms with Crippen molar-refractivity contribution in [2.24, 2.45) is 0 Å². The van der Waals surface area contributed by atoms with Gasteiger partial charge in [0.25, 0.3) is 5.91 Å². The van der Waals surface area contributed by atoms with E-state index < -0.39 is 0 Å². The molecule has 0 unspecified atom stereocenters. The largest absolute Gasteiger partial charge is 0.335 e. The lowest BCUT2D eigenvalue weighted by Gasteiger charge is -2.34. The van der Waals surface area contributed by atoms with Crippen molar-refractivity contribution >= 4 is 17.2 Å². The predicted molar refractivity (Wildman–Crippen MR) is 97.4 cm³/mol. The highest BCUT2D eigenvalue weighted by molar-refractivity contribution is 7.14. The van der Waals surface area contributed by atoms with E-state index in [1.54, 1.807) is 11.3 Å². The first-order valence-electron chi connectivity index (χ1n) is 9.43. The molecule has 0 saturated carbocycles. The van der Waals surface area contributed by atoms with Crippen molar-refractivity contribution in [3.8, 4) is 0 Å². The van der Waals surface area contributed by atoms with Crippen LogP contribution in [0.1, 0.15) is 72.0 Å². The Morgan fingerprint density at radius 2 is 1.96 bits per heavy atom. The number of rotatable bonds is 4. The Labute approximate surface area is 144 Å². The zero-order valence-electron chi connectivity index (χ0n) is 14.4. The van der Waals surface area contributed by atoms with Gasteiger partial charge in [0.1, 0.15) is 0 Å². The molecule has 1 aliphatic heterocycles. The Balaban J connectivity index is 1.77. The second-order valence-electron chi connectivity index (χ2n) is 6.95. The molecule has 128 valence electrons. The Morgan fingerprint density at radius 1 is 1.22 bits per heavy atom. The van der Waals surface area contributed by atoms with Crippen LogP contribution < -0.4 is 5.32 Å². The Bertz CT molecular complexity index is 494. The number of carbonyl (C=O) groups is 1. The summed E-state index contributed by atoms with van der Waals surface area (Å²) in [6.07, 6.45) is 10.8. The normalized spacial score (nSPS) is 19.7. The van der Waals surface area contributed by atoms with Gasteiger partial charge in [-0.15, -0.1) is 11.3 Å². The molecule has 3 nitrogen and oxygen atoms in total. The highest BCUT2D eigenvalue weighted by Gasteiger charge is 2.27. The molecule has 1 aliphatic carbocycles. The van der Waals surface area contributed by atoms with E-state index in [-0.39, 0.29) is 5.91 Å². The van der Waals surface area contributed by atoms with Crippen LogP contribution in [0.3, 0.4) is 0 Å². The molecule has 3 rings (SSSR count). The number of fused-ring (bicyclic) bond motifs is 1. The van der Waals surface area contributed by atoms with E-state index >= 15 is 0 Å². The van der Waals surface area contributed by atoms with Crippen LogP contribution in [0.5, 0.6) is 0 Å². The first-order valence-corrected chi connectivity index (χ1v) is 10.2. The van der Waals surface area contributed by atoms with E-state index in [1.165, 1.54) is 49.0 Å². The molecule has 1 saturated heterocycles. The molecule has 0 spiro atoms. The summed E-state index contributed by atoms with van der Waals surface area (Å²) in [5.41, 5.74) is 1.46. The van der Waals surface area contributed by atoms with Crippen LogP contribution in [0.2, 0.25) is 0 Å². The maximum Gasteiger partial charge on any atom is 0.264 e. The summed E-state index contributed by atoms with van der Waals surface area (Å²) in [7, 11) is 0. The summed E-state index contributed by atoms with van der Waals surface area (Å²) in [4.78, 5) is 17.8. The molecule has 0 radical (unpaired) electrons. The van der Waals surface area contributed by atoms with Crippen molar-refractivity contribution < 1.29 is 4.79 Å². The minimum absolute atomic E-state index is 0.287. The van der Waals surface area contributed by atoms with Crippen LogP contribution in [0.25, 0.3) is 0 Å². The molecule has 4 heteroatoms. The number of thiophene rings is 1. The lowest BCUT2D eigenvalue weighted by Crippen LogP contribution is -2.46. The highest BCUT2D eigenvalue weighted by atomic mass is 32.1. The fourth-order valence-electron chi connectivity index (χ4n) is 3.90. The Hall–Kier alpha value is -0.870. The van der Waals surface area contributed by atoms with Gasteiger partial charge < -0.3 is 10.2 Å². The van der Waals surface area contributed by atoms with E-state index in [0.717, 1.165) is 43.8 Å². The molecule has 2 heterocycles. The molecule has 1 N–H and O–H groups in total. The molecular weight excluding hydrogens is 304 g/mol. The number of hydrogen-bond donors (Lipinski definition) is 1. The standard InChI is InChI=1S/C19H30N2OS/c1-2-13-21(16-9-11-20-12-10-16)19(22)18-14-15-7-5-3-4-6-8-17(15)23-18/h14,16,20H,2-13H2,1H3. The predicted octanol–water partition coefficient (Wildman–Crippen LogP) is 4.01. The number of nitrogens with zero attached hydrogens (tertiary/aromatic N) is 1. The summed E-state index contributed by atoms with van der Waals surface area (Å²) >= 11 is 1.78. The Kier molecular flexibility index (Phi) is 6.12. The molecule has 1 aromatic heterocycles. The second kappa shape index (κ2) is 8.29. The summed E-state index contributed by atoms with van der Waals surface area (Å²) in [6.45, 7) is 5.15. The fraction of sp³-hybridized carbons (Fsp3) is 0.737. The molecule has 0 aromatic carbocycles. The van der Waals surface area contributed by atoms with Crippen molar-refractivity contribution in [1.29, 1.82) is 0 Å². The van der Waals surface area contributed by atoms with Crippen LogP contribution in [-0.4, -0.2) is 36.5 Å². The number of aryl methyl sites for hydroxylation is 2. The molecule has 0 bridgehead atoms. The third kappa shape index (κ3) is 4.16. The quantitative estimate of drug-likeness (QED) is 0.902. The first kappa shape index (κ1) is 17.0. The van der Waals surface area contributed by atoms with Gasteiger partial charge >= 0.3 is 0 Å². The van der Waals surface area contributed by atoms with Gasteiger partial charge in [-0.25, -0.2) is 0 Å². The monoisotopic (exact) mass is 334 g/mol. The minimum atomic E-state index is 0.287. The topological polar surface area (TPSA) is 32.3 Å². The van der Waals surface area contributed by atoms with Crippen molar-refractivity contribution in [3.05, 3.63) is 21.4 Å². The molecule has 0 atom stereocenters. The third-order valence-corrected chi connectivity index (χ3v) is 6.41. The minimum Gasteiger partial charge on any atom is -0.335 e. The third-order valence-electron chi connectivity index (χ3n) is 5.18. The van der Waals surface area contributed by atoms with Crippen molar-refractivity contribution in [2.75, 3.05) is 19.6 Å².